The number of nitrogen functional groups attached to an aromatic ring is 1. The molecule has 1 aliphatic rings. The van der Waals surface area contributed by atoms with Crippen LogP contribution in [-0.2, 0) is 34.3 Å². The molecule has 1 fully saturated rings. The van der Waals surface area contributed by atoms with Crippen LogP contribution in [0.15, 0.2) is 10.5 Å². The first-order valence-corrected chi connectivity index (χ1v) is 9.34. The molecule has 148 valence electrons. The summed E-state index contributed by atoms with van der Waals surface area (Å²) < 4.78 is 38.0. The normalized spacial score (nSPS) is 19.3. The molecule has 2 atom stereocenters. The van der Waals surface area contributed by atoms with Gasteiger partial charge in [0.25, 0.3) is 11.8 Å². The number of carbonyl (C=O) groups excluding carboxylic acids is 3. The fourth-order valence-electron chi connectivity index (χ4n) is 2.31. The van der Waals surface area contributed by atoms with Crippen molar-refractivity contribution in [1.29, 1.82) is 0 Å². The molecule has 3 N–H and O–H groups in total. The number of esters is 1. The van der Waals surface area contributed by atoms with Crippen molar-refractivity contribution in [3.63, 3.8) is 0 Å². The third kappa shape index (κ3) is 5.18. The molecule has 0 aromatic carbocycles. The molecule has 1 aromatic heterocycles. The molecule has 1 aliphatic heterocycles. The number of hydrogen-bond donors (Lipinski definition) is 2. The molecular formula is C12H14N5NaO8S2. The summed E-state index contributed by atoms with van der Waals surface area (Å²) >= 11 is 1.02. The Morgan fingerprint density at radius 1 is 1.46 bits per heavy atom. The number of nitrogens with zero attached hydrogens (tertiary/aromatic N) is 3. The Morgan fingerprint density at radius 3 is 2.57 bits per heavy atom. The van der Waals surface area contributed by atoms with Gasteiger partial charge < -0.3 is 25.2 Å². The predicted molar refractivity (Wildman–Crippen MR) is 89.0 cm³/mol. The molecule has 0 saturated carbocycles. The van der Waals surface area contributed by atoms with Gasteiger partial charge in [0.05, 0.1) is 19.6 Å². The van der Waals surface area contributed by atoms with Crippen LogP contribution < -0.4 is 40.6 Å². The molecular weight excluding hydrogens is 429 g/mol. The van der Waals surface area contributed by atoms with Gasteiger partial charge in [0, 0.05) is 5.38 Å². The average Bonchev–Trinajstić information content (AvgIpc) is 3.01. The zero-order valence-corrected chi connectivity index (χ0v) is 18.6. The van der Waals surface area contributed by atoms with E-state index >= 15 is 0 Å². The van der Waals surface area contributed by atoms with Crippen LogP contribution in [0.2, 0.25) is 0 Å². The maximum Gasteiger partial charge on any atom is 1.00 e. The summed E-state index contributed by atoms with van der Waals surface area (Å²) in [5.74, 6) is -3.02. The maximum absolute atomic E-state index is 12.4. The first-order chi connectivity index (χ1) is 12.6. The van der Waals surface area contributed by atoms with Crippen LogP contribution in [-0.4, -0.2) is 72.1 Å². The van der Waals surface area contributed by atoms with Gasteiger partial charge in [0.2, 0.25) is 0 Å². The number of methoxy groups -OCH3 is 1. The quantitative estimate of drug-likeness (QED) is 0.103. The molecule has 2 unspecified atom stereocenters. The van der Waals surface area contributed by atoms with Gasteiger partial charge in [0.15, 0.2) is 21.1 Å². The summed E-state index contributed by atoms with van der Waals surface area (Å²) in [6.45, 7) is 0. The summed E-state index contributed by atoms with van der Waals surface area (Å²) in [7, 11) is -2.96. The standard InChI is InChI=1S/C12H15N5O8S2.Na/c1-24-7(18)3-6-9(11(20)17(6)27(21,22)23)15-10(19)8(16-25-2)5-4-26-12(13)14-5;/h4,6,9H,3H2,1-2H3,(H2,13,14)(H,15,19)(H,21,22,23);/q;+1/p-1/b16-8-;. The van der Waals surface area contributed by atoms with E-state index < -0.39 is 46.6 Å². The number of rotatable bonds is 7. The topological polar surface area (TPSA) is 193 Å². The molecule has 0 radical (unpaired) electrons. The van der Waals surface area contributed by atoms with Crippen LogP contribution >= 0.6 is 11.3 Å². The smallest absolute Gasteiger partial charge is 0.731 e. The second kappa shape index (κ2) is 9.62. The minimum atomic E-state index is -5.17. The molecule has 1 saturated heterocycles. The Balaban J connectivity index is 0.00000392. The molecule has 16 heteroatoms. The summed E-state index contributed by atoms with van der Waals surface area (Å²) in [6.07, 6.45) is -0.616. The van der Waals surface area contributed by atoms with E-state index in [2.05, 4.69) is 25.0 Å². The zero-order valence-electron chi connectivity index (χ0n) is 14.9. The number of anilines is 1. The number of β-lactam (4-membered cyclic amide) rings is 1. The van der Waals surface area contributed by atoms with E-state index in [1.165, 1.54) is 12.5 Å². The number of thiazole rings is 1. The zero-order chi connectivity index (χ0) is 20.4. The van der Waals surface area contributed by atoms with Crippen molar-refractivity contribution in [2.45, 2.75) is 18.5 Å². The van der Waals surface area contributed by atoms with Crippen molar-refractivity contribution in [3.8, 4) is 0 Å². The first-order valence-electron chi connectivity index (χ1n) is 7.09. The van der Waals surface area contributed by atoms with Gasteiger partial charge in [-0.15, -0.1) is 11.3 Å². The van der Waals surface area contributed by atoms with Gasteiger partial charge in [-0.2, -0.15) is 0 Å². The van der Waals surface area contributed by atoms with Gasteiger partial charge in [-0.1, -0.05) is 5.16 Å². The van der Waals surface area contributed by atoms with Crippen LogP contribution in [0.1, 0.15) is 12.1 Å². The van der Waals surface area contributed by atoms with Crippen LogP contribution in [0.25, 0.3) is 0 Å². The Hall–Kier alpha value is -1.78. The van der Waals surface area contributed by atoms with Crippen molar-refractivity contribution in [2.75, 3.05) is 20.0 Å². The third-order valence-corrected chi connectivity index (χ3v) is 5.07. The Bertz CT molecular complexity index is 902. The van der Waals surface area contributed by atoms with Crippen molar-refractivity contribution >= 4 is 50.3 Å². The predicted octanol–water partition coefficient (Wildman–Crippen LogP) is -5.20. The fourth-order valence-corrected chi connectivity index (χ4v) is 3.72. The van der Waals surface area contributed by atoms with Crippen molar-refractivity contribution in [3.05, 3.63) is 11.1 Å². The number of hydrogen-bond acceptors (Lipinski definition) is 12. The number of oxime groups is 1. The van der Waals surface area contributed by atoms with Gasteiger partial charge in [-0.3, -0.25) is 14.4 Å². The Kier molecular flexibility index (Phi) is 8.33. The third-order valence-electron chi connectivity index (χ3n) is 3.46. The van der Waals surface area contributed by atoms with Crippen LogP contribution in [0.4, 0.5) is 5.13 Å². The first kappa shape index (κ1) is 24.3. The summed E-state index contributed by atoms with van der Waals surface area (Å²) in [5.41, 5.74) is 5.22. The minimum absolute atomic E-state index is 0. The van der Waals surface area contributed by atoms with Gasteiger partial charge in [0.1, 0.15) is 18.8 Å². The number of carbonyl (C=O) groups is 3. The van der Waals surface area contributed by atoms with E-state index in [4.69, 9.17) is 5.73 Å². The number of ether oxygens (including phenoxy) is 1. The molecule has 13 nitrogen and oxygen atoms in total. The van der Waals surface area contributed by atoms with E-state index in [9.17, 15) is 27.4 Å². The largest absolute Gasteiger partial charge is 1.00 e. The molecule has 2 rings (SSSR count). The maximum atomic E-state index is 12.4. The number of nitrogens with one attached hydrogen (secondary N) is 1. The Morgan fingerprint density at radius 2 is 2.11 bits per heavy atom. The van der Waals surface area contributed by atoms with Crippen molar-refractivity contribution in [1.82, 2.24) is 14.6 Å². The van der Waals surface area contributed by atoms with Crippen LogP contribution in [0.5, 0.6) is 0 Å². The summed E-state index contributed by atoms with van der Waals surface area (Å²) in [5, 5.41) is 7.28. The fraction of sp³-hybridized carbons (Fsp3) is 0.417. The summed E-state index contributed by atoms with van der Waals surface area (Å²) in [4.78, 5) is 44.3. The van der Waals surface area contributed by atoms with Gasteiger partial charge in [-0.25, -0.2) is 17.7 Å². The minimum Gasteiger partial charge on any atom is -0.731 e. The molecule has 28 heavy (non-hydrogen) atoms. The van der Waals surface area contributed by atoms with E-state index in [0.29, 0.717) is 0 Å². The molecule has 0 aliphatic carbocycles. The van der Waals surface area contributed by atoms with E-state index in [-0.39, 0.29) is 50.4 Å². The second-order valence-electron chi connectivity index (χ2n) is 5.08. The number of aromatic nitrogens is 1. The summed E-state index contributed by atoms with van der Waals surface area (Å²) in [6, 6.07) is -2.89. The van der Waals surface area contributed by atoms with Crippen LogP contribution in [0.3, 0.4) is 0 Å². The molecule has 2 heterocycles. The van der Waals surface area contributed by atoms with Crippen LogP contribution in [0, 0.1) is 0 Å². The number of nitrogens with two attached hydrogens (primary N) is 1. The van der Waals surface area contributed by atoms with Crippen molar-refractivity contribution < 1.29 is 66.5 Å². The number of amides is 2. The molecule has 2 amide bonds. The van der Waals surface area contributed by atoms with E-state index in [1.807, 2.05) is 0 Å². The van der Waals surface area contributed by atoms with Gasteiger partial charge >= 0.3 is 35.5 Å². The molecule has 1 aromatic rings. The van der Waals surface area contributed by atoms with Crippen molar-refractivity contribution in [2.24, 2.45) is 5.16 Å². The van der Waals surface area contributed by atoms with Gasteiger partial charge in [-0.05, 0) is 0 Å². The second-order valence-corrected chi connectivity index (χ2v) is 7.22. The molecule has 0 bridgehead atoms. The van der Waals surface area contributed by atoms with E-state index in [0.717, 1.165) is 18.4 Å². The van der Waals surface area contributed by atoms with E-state index in [1.54, 1.807) is 0 Å². The average molecular weight is 443 g/mol. The SMILES string of the molecule is CO/N=C(\C(=O)NC1C(=O)N(S(=O)(=O)[O-])C1CC(=O)OC)c1csc(N)n1.[Na+]. The monoisotopic (exact) mass is 443 g/mol. The molecule has 0 spiro atoms. The Labute approximate surface area is 185 Å².